The quantitative estimate of drug-likeness (QED) is 0.290. The van der Waals surface area contributed by atoms with E-state index in [0.717, 1.165) is 29.3 Å². The molecule has 0 aliphatic heterocycles. The van der Waals surface area contributed by atoms with Crippen LogP contribution in [-0.4, -0.2) is 58.8 Å². The number of hydrogen-bond donors (Lipinski definition) is 0. The van der Waals surface area contributed by atoms with E-state index in [2.05, 4.69) is 4.98 Å². The Morgan fingerprint density at radius 1 is 1.10 bits per heavy atom. The molecular weight excluding hydrogens is 548 g/mol. The van der Waals surface area contributed by atoms with Crippen LogP contribution in [0.4, 0.5) is 14.6 Å². The van der Waals surface area contributed by atoms with Crippen LogP contribution in [0.3, 0.4) is 0 Å². The van der Waals surface area contributed by atoms with Crippen LogP contribution in [0.15, 0.2) is 59.5 Å². The summed E-state index contributed by atoms with van der Waals surface area (Å²) in [6.07, 6.45) is 2.12. The van der Waals surface area contributed by atoms with Gasteiger partial charge in [0.1, 0.15) is 22.3 Å². The standard InChI is InChI=1S/C28H32ClF2N3O4S/c1-33(2)18-28(38-4)13-12-20(16-28)22-14-24(30)25(15-23(22)29)39(35,36)34(27-7-5-6-26(31)32-27)17-19-8-10-21(37-3)11-9-19/h5-11,14-15,20H,12-13,16-18H2,1-4H3. The van der Waals surface area contributed by atoms with Crippen LogP contribution in [0.25, 0.3) is 0 Å². The highest BCUT2D eigenvalue weighted by molar-refractivity contribution is 7.92. The van der Waals surface area contributed by atoms with E-state index in [0.29, 0.717) is 29.8 Å². The number of rotatable bonds is 10. The fourth-order valence-electron chi connectivity index (χ4n) is 5.22. The van der Waals surface area contributed by atoms with Gasteiger partial charge in [-0.15, -0.1) is 0 Å². The minimum Gasteiger partial charge on any atom is -0.497 e. The summed E-state index contributed by atoms with van der Waals surface area (Å²) in [4.78, 5) is 5.19. The highest BCUT2D eigenvalue weighted by Gasteiger charge is 2.41. The number of ether oxygens (including phenoxy) is 2. The molecule has 1 saturated carbocycles. The van der Waals surface area contributed by atoms with E-state index < -0.39 is 32.3 Å². The second kappa shape index (κ2) is 11.8. The van der Waals surface area contributed by atoms with Gasteiger partial charge in [-0.25, -0.2) is 22.1 Å². The van der Waals surface area contributed by atoms with Gasteiger partial charge in [0, 0.05) is 18.7 Å². The Kier molecular flexibility index (Phi) is 8.80. The van der Waals surface area contributed by atoms with Crippen LogP contribution < -0.4 is 9.04 Å². The fourth-order valence-corrected chi connectivity index (χ4v) is 7.08. The Morgan fingerprint density at radius 3 is 2.44 bits per heavy atom. The number of likely N-dealkylation sites (N-methyl/N-ethyl adjacent to an activating group) is 1. The maximum atomic E-state index is 15.6. The van der Waals surface area contributed by atoms with Gasteiger partial charge in [0.25, 0.3) is 10.0 Å². The summed E-state index contributed by atoms with van der Waals surface area (Å²) in [5, 5.41) is 0.147. The molecule has 4 rings (SSSR count). The first-order valence-corrected chi connectivity index (χ1v) is 14.3. The number of benzene rings is 2. The van der Waals surface area contributed by atoms with Crippen molar-refractivity contribution < 1.29 is 26.7 Å². The molecule has 1 fully saturated rings. The fraction of sp³-hybridized carbons (Fsp3) is 0.393. The van der Waals surface area contributed by atoms with E-state index in [4.69, 9.17) is 21.1 Å². The predicted octanol–water partition coefficient (Wildman–Crippen LogP) is 5.63. The predicted molar refractivity (Wildman–Crippen MR) is 147 cm³/mol. The molecule has 0 spiro atoms. The average Bonchev–Trinajstić information content (AvgIpc) is 3.32. The highest BCUT2D eigenvalue weighted by atomic mass is 35.5. The van der Waals surface area contributed by atoms with E-state index in [9.17, 15) is 12.8 Å². The zero-order chi connectivity index (χ0) is 28.4. The van der Waals surface area contributed by atoms with Gasteiger partial charge in [-0.1, -0.05) is 29.8 Å². The van der Waals surface area contributed by atoms with Crippen LogP contribution in [0.5, 0.6) is 5.75 Å². The Morgan fingerprint density at radius 2 is 1.82 bits per heavy atom. The molecule has 39 heavy (non-hydrogen) atoms. The number of pyridine rings is 1. The molecule has 0 radical (unpaired) electrons. The summed E-state index contributed by atoms with van der Waals surface area (Å²) in [5.41, 5.74) is 0.712. The third kappa shape index (κ3) is 6.35. The van der Waals surface area contributed by atoms with Crippen molar-refractivity contribution in [2.45, 2.75) is 42.2 Å². The van der Waals surface area contributed by atoms with Gasteiger partial charge in [0.2, 0.25) is 5.95 Å². The molecule has 2 unspecified atom stereocenters. The first-order valence-electron chi connectivity index (χ1n) is 12.4. The molecule has 1 aliphatic carbocycles. The second-order valence-electron chi connectivity index (χ2n) is 10.0. The van der Waals surface area contributed by atoms with Crippen LogP contribution in [0.2, 0.25) is 5.02 Å². The van der Waals surface area contributed by atoms with Crippen LogP contribution in [0, 0.1) is 11.8 Å². The van der Waals surface area contributed by atoms with Crippen LogP contribution >= 0.6 is 11.6 Å². The maximum absolute atomic E-state index is 15.6. The van der Waals surface area contributed by atoms with Crippen molar-refractivity contribution in [1.29, 1.82) is 0 Å². The third-order valence-electron chi connectivity index (χ3n) is 7.10. The average molecular weight is 580 g/mol. The monoisotopic (exact) mass is 579 g/mol. The number of anilines is 1. The van der Waals surface area contributed by atoms with Gasteiger partial charge in [-0.3, -0.25) is 0 Å². The number of aromatic nitrogens is 1. The second-order valence-corrected chi connectivity index (χ2v) is 12.3. The Hall–Kier alpha value is -2.79. The van der Waals surface area contributed by atoms with E-state index in [-0.39, 0.29) is 23.3 Å². The minimum absolute atomic E-state index is 0.0936. The molecule has 7 nitrogen and oxygen atoms in total. The lowest BCUT2D eigenvalue weighted by Gasteiger charge is -2.31. The lowest BCUT2D eigenvalue weighted by Crippen LogP contribution is -2.39. The lowest BCUT2D eigenvalue weighted by atomic mass is 9.94. The molecule has 11 heteroatoms. The molecule has 1 aromatic heterocycles. The smallest absolute Gasteiger partial charge is 0.268 e. The number of methoxy groups -OCH3 is 2. The van der Waals surface area contributed by atoms with Gasteiger partial charge < -0.3 is 14.4 Å². The van der Waals surface area contributed by atoms with Crippen molar-refractivity contribution in [3.05, 3.63) is 82.5 Å². The number of sulfonamides is 1. The molecule has 3 aromatic rings. The summed E-state index contributed by atoms with van der Waals surface area (Å²) >= 11 is 6.61. The minimum atomic E-state index is -4.54. The van der Waals surface area contributed by atoms with Gasteiger partial charge >= 0.3 is 0 Å². The number of halogens is 3. The zero-order valence-corrected chi connectivity index (χ0v) is 23.9. The van der Waals surface area contributed by atoms with Crippen molar-refractivity contribution in [3.63, 3.8) is 0 Å². The summed E-state index contributed by atoms with van der Waals surface area (Å²) in [5.74, 6) is -1.50. The van der Waals surface area contributed by atoms with Gasteiger partial charge in [-0.2, -0.15) is 4.39 Å². The molecule has 0 N–H and O–H groups in total. The molecule has 2 atom stereocenters. The molecule has 1 aliphatic rings. The molecule has 2 aromatic carbocycles. The van der Waals surface area contributed by atoms with E-state index in [1.54, 1.807) is 31.4 Å². The van der Waals surface area contributed by atoms with Crippen molar-refractivity contribution in [3.8, 4) is 5.75 Å². The van der Waals surface area contributed by atoms with Gasteiger partial charge in [0.05, 0.1) is 19.3 Å². The lowest BCUT2D eigenvalue weighted by molar-refractivity contribution is -0.0234. The SMILES string of the molecule is COc1ccc(CN(c2cccc(F)n2)S(=O)(=O)c2cc(Cl)c(C3CCC(CN(C)C)(OC)C3)cc2F)cc1. The topological polar surface area (TPSA) is 72.0 Å². The first-order chi connectivity index (χ1) is 18.5. The van der Waals surface area contributed by atoms with Crippen molar-refractivity contribution in [1.82, 2.24) is 9.88 Å². The third-order valence-corrected chi connectivity index (χ3v) is 9.20. The van der Waals surface area contributed by atoms with Crippen molar-refractivity contribution in [2.24, 2.45) is 0 Å². The Bertz CT molecular complexity index is 1420. The van der Waals surface area contributed by atoms with Crippen molar-refractivity contribution in [2.75, 3.05) is 39.2 Å². The first kappa shape index (κ1) is 29.2. The van der Waals surface area contributed by atoms with Gasteiger partial charge in [0.15, 0.2) is 0 Å². The molecular formula is C28H32ClF2N3O4S. The Balaban J connectivity index is 1.71. The van der Waals surface area contributed by atoms with E-state index in [1.165, 1.54) is 25.3 Å². The maximum Gasteiger partial charge on any atom is 0.268 e. The van der Waals surface area contributed by atoms with E-state index in [1.807, 2.05) is 19.0 Å². The highest BCUT2D eigenvalue weighted by Crippen LogP contribution is 2.46. The summed E-state index contributed by atoms with van der Waals surface area (Å²) in [7, 11) is 2.57. The van der Waals surface area contributed by atoms with Gasteiger partial charge in [-0.05, 0) is 86.8 Å². The molecule has 0 amide bonds. The van der Waals surface area contributed by atoms with E-state index >= 15 is 4.39 Å². The summed E-state index contributed by atoms with van der Waals surface area (Å²) in [6, 6.07) is 12.8. The summed E-state index contributed by atoms with van der Waals surface area (Å²) in [6.45, 7) is 0.485. The Labute approximate surface area is 233 Å². The largest absolute Gasteiger partial charge is 0.497 e. The van der Waals surface area contributed by atoms with Crippen LogP contribution in [0.1, 0.15) is 36.3 Å². The molecule has 1 heterocycles. The number of hydrogen-bond acceptors (Lipinski definition) is 6. The zero-order valence-electron chi connectivity index (χ0n) is 22.3. The summed E-state index contributed by atoms with van der Waals surface area (Å²) < 4.78 is 69.3. The van der Waals surface area contributed by atoms with Crippen LogP contribution in [-0.2, 0) is 21.3 Å². The normalized spacial score (nSPS) is 19.4. The molecule has 0 saturated heterocycles. The molecule has 0 bridgehead atoms. The molecule has 210 valence electrons. The number of nitrogens with zero attached hydrogens (tertiary/aromatic N) is 3. The van der Waals surface area contributed by atoms with Crippen molar-refractivity contribution >= 4 is 27.4 Å².